The number of sulfone groups is 1. The molecule has 0 aromatic carbocycles. The summed E-state index contributed by atoms with van der Waals surface area (Å²) in [5.41, 5.74) is 6.01. The maximum Gasteiger partial charge on any atom is 0.151 e. The van der Waals surface area contributed by atoms with Crippen LogP contribution in [0.5, 0.6) is 0 Å². The third kappa shape index (κ3) is 3.92. The maximum absolute atomic E-state index is 11.7. The van der Waals surface area contributed by atoms with E-state index in [0.29, 0.717) is 24.0 Å². The lowest BCUT2D eigenvalue weighted by molar-refractivity contribution is 0.0605. The minimum Gasteiger partial charge on any atom is -0.329 e. The van der Waals surface area contributed by atoms with Crippen molar-refractivity contribution in [2.45, 2.75) is 58.0 Å². The molecule has 1 saturated heterocycles. The summed E-state index contributed by atoms with van der Waals surface area (Å²) in [7, 11) is -0.774. The summed E-state index contributed by atoms with van der Waals surface area (Å²) < 4.78 is 23.3. The van der Waals surface area contributed by atoms with Gasteiger partial charge in [-0.3, -0.25) is 4.90 Å². The van der Waals surface area contributed by atoms with Crippen LogP contribution in [0.4, 0.5) is 0 Å². The second-order valence-corrected chi connectivity index (χ2v) is 8.40. The Kier molecular flexibility index (Phi) is 5.83. The summed E-state index contributed by atoms with van der Waals surface area (Å²) in [5.74, 6) is 1.24. The van der Waals surface area contributed by atoms with Gasteiger partial charge in [0, 0.05) is 18.1 Å². The van der Waals surface area contributed by atoms with Crippen molar-refractivity contribution in [1.82, 2.24) is 4.90 Å². The summed E-state index contributed by atoms with van der Waals surface area (Å²) in [6, 6.07) is 0.137. The lowest BCUT2D eigenvalue weighted by Crippen LogP contribution is -2.56. The molecule has 0 radical (unpaired) electrons. The second kappa shape index (κ2) is 6.55. The van der Waals surface area contributed by atoms with E-state index >= 15 is 0 Å². The first-order valence-corrected chi connectivity index (χ1v) is 9.25. The van der Waals surface area contributed by atoms with E-state index in [1.165, 1.54) is 0 Å². The molecule has 0 aliphatic carbocycles. The van der Waals surface area contributed by atoms with Crippen LogP contribution in [0.3, 0.4) is 0 Å². The zero-order valence-electron chi connectivity index (χ0n) is 12.9. The Morgan fingerprint density at radius 1 is 1.42 bits per heavy atom. The molecule has 1 heterocycles. The normalized spacial score (nSPS) is 27.4. The van der Waals surface area contributed by atoms with Gasteiger partial charge in [0.05, 0.1) is 11.5 Å². The van der Waals surface area contributed by atoms with Gasteiger partial charge in [-0.2, -0.15) is 0 Å². The van der Waals surface area contributed by atoms with Crippen LogP contribution < -0.4 is 5.73 Å². The SMILES string of the molecule is CCC(C)CC(CC)(CN)N(C)C1CCS(=O)(=O)C1. The number of likely N-dealkylation sites (N-methyl/N-ethyl adjacent to an activating group) is 1. The Morgan fingerprint density at radius 3 is 2.42 bits per heavy atom. The maximum atomic E-state index is 11.7. The van der Waals surface area contributed by atoms with Gasteiger partial charge in [-0.1, -0.05) is 27.2 Å². The molecule has 0 bridgehead atoms. The molecule has 0 spiro atoms. The average Bonchev–Trinajstić information content (AvgIpc) is 2.75. The van der Waals surface area contributed by atoms with E-state index in [1.807, 2.05) is 0 Å². The summed E-state index contributed by atoms with van der Waals surface area (Å²) in [4.78, 5) is 2.27. The summed E-state index contributed by atoms with van der Waals surface area (Å²) in [6.45, 7) is 7.21. The number of hydrogen-bond donors (Lipinski definition) is 1. The highest BCUT2D eigenvalue weighted by Crippen LogP contribution is 2.32. The van der Waals surface area contributed by atoms with Gasteiger partial charge in [0.1, 0.15) is 0 Å². The zero-order chi connectivity index (χ0) is 14.7. The molecule has 1 fully saturated rings. The lowest BCUT2D eigenvalue weighted by Gasteiger charge is -2.45. The third-order valence-electron chi connectivity index (χ3n) is 4.97. The summed E-state index contributed by atoms with van der Waals surface area (Å²) in [5, 5.41) is 0. The predicted molar refractivity (Wildman–Crippen MR) is 81.0 cm³/mol. The van der Waals surface area contributed by atoms with E-state index in [1.54, 1.807) is 0 Å². The molecule has 19 heavy (non-hydrogen) atoms. The van der Waals surface area contributed by atoms with Gasteiger partial charge in [0.2, 0.25) is 0 Å². The van der Waals surface area contributed by atoms with Gasteiger partial charge < -0.3 is 5.73 Å². The number of nitrogens with two attached hydrogens (primary N) is 1. The highest BCUT2D eigenvalue weighted by Gasteiger charge is 2.40. The first kappa shape index (κ1) is 16.9. The molecular weight excluding hydrogens is 260 g/mol. The molecule has 2 N–H and O–H groups in total. The van der Waals surface area contributed by atoms with Gasteiger partial charge in [0.15, 0.2) is 9.84 Å². The Morgan fingerprint density at radius 2 is 2.05 bits per heavy atom. The zero-order valence-corrected chi connectivity index (χ0v) is 13.7. The molecular formula is C14H30N2O2S. The number of hydrogen-bond acceptors (Lipinski definition) is 4. The van der Waals surface area contributed by atoms with Gasteiger partial charge in [-0.25, -0.2) is 8.42 Å². The Bertz CT molecular complexity index is 377. The molecule has 0 saturated carbocycles. The highest BCUT2D eigenvalue weighted by molar-refractivity contribution is 7.91. The fourth-order valence-electron chi connectivity index (χ4n) is 3.17. The van der Waals surface area contributed by atoms with Crippen molar-refractivity contribution in [2.24, 2.45) is 11.7 Å². The Labute approximate surface area is 118 Å². The van der Waals surface area contributed by atoms with Crippen LogP contribution in [0, 0.1) is 5.92 Å². The Hall–Kier alpha value is -0.130. The number of nitrogens with zero attached hydrogens (tertiary/aromatic N) is 1. The molecule has 3 unspecified atom stereocenters. The van der Waals surface area contributed by atoms with Crippen LogP contribution in [0.2, 0.25) is 0 Å². The van der Waals surface area contributed by atoms with Crippen molar-refractivity contribution in [1.29, 1.82) is 0 Å². The minimum absolute atomic E-state index is 0.0556. The van der Waals surface area contributed by atoms with Gasteiger partial charge in [-0.15, -0.1) is 0 Å². The van der Waals surface area contributed by atoms with E-state index in [9.17, 15) is 8.42 Å². The molecule has 5 heteroatoms. The Balaban J connectivity index is 2.86. The van der Waals surface area contributed by atoms with Crippen LogP contribution in [0.1, 0.15) is 46.5 Å². The van der Waals surface area contributed by atoms with E-state index < -0.39 is 9.84 Å². The van der Waals surface area contributed by atoms with Crippen LogP contribution >= 0.6 is 0 Å². The fraction of sp³-hybridized carbons (Fsp3) is 1.00. The van der Waals surface area contributed by atoms with Crippen LogP contribution in [0.25, 0.3) is 0 Å². The largest absolute Gasteiger partial charge is 0.329 e. The van der Waals surface area contributed by atoms with Crippen molar-refractivity contribution >= 4 is 9.84 Å². The van der Waals surface area contributed by atoms with Gasteiger partial charge >= 0.3 is 0 Å². The standard InChI is InChI=1S/C14H30N2O2S/c1-5-12(3)9-14(6-2,11-15)16(4)13-7-8-19(17,18)10-13/h12-13H,5-11,15H2,1-4H3. The first-order valence-electron chi connectivity index (χ1n) is 7.43. The van der Waals surface area contributed by atoms with E-state index in [4.69, 9.17) is 5.73 Å². The molecule has 114 valence electrons. The predicted octanol–water partition coefficient (Wildman–Crippen LogP) is 1.65. The third-order valence-corrected chi connectivity index (χ3v) is 6.72. The monoisotopic (exact) mass is 290 g/mol. The molecule has 0 aromatic rings. The van der Waals surface area contributed by atoms with E-state index in [0.717, 1.165) is 25.7 Å². The minimum atomic E-state index is -2.83. The van der Waals surface area contributed by atoms with Crippen LogP contribution in [-0.4, -0.2) is 50.0 Å². The van der Waals surface area contributed by atoms with Crippen molar-refractivity contribution in [3.63, 3.8) is 0 Å². The second-order valence-electron chi connectivity index (χ2n) is 6.17. The van der Waals surface area contributed by atoms with Crippen molar-refractivity contribution in [2.75, 3.05) is 25.1 Å². The van der Waals surface area contributed by atoms with E-state index in [-0.39, 0.29) is 11.6 Å². The van der Waals surface area contributed by atoms with Crippen molar-refractivity contribution in [3.05, 3.63) is 0 Å². The summed E-state index contributed by atoms with van der Waals surface area (Å²) >= 11 is 0. The summed E-state index contributed by atoms with van der Waals surface area (Å²) in [6.07, 6.45) is 3.91. The molecule has 4 nitrogen and oxygen atoms in total. The topological polar surface area (TPSA) is 63.4 Å². The lowest BCUT2D eigenvalue weighted by atomic mass is 9.82. The first-order chi connectivity index (χ1) is 8.80. The number of rotatable bonds is 7. The smallest absolute Gasteiger partial charge is 0.151 e. The van der Waals surface area contributed by atoms with E-state index in [2.05, 4.69) is 32.7 Å². The highest BCUT2D eigenvalue weighted by atomic mass is 32.2. The molecule has 0 aromatic heterocycles. The fourth-order valence-corrected chi connectivity index (χ4v) is 4.94. The van der Waals surface area contributed by atoms with Gasteiger partial charge in [-0.05, 0) is 32.2 Å². The molecule has 1 aliphatic rings. The van der Waals surface area contributed by atoms with Crippen LogP contribution in [-0.2, 0) is 9.84 Å². The van der Waals surface area contributed by atoms with Crippen molar-refractivity contribution in [3.8, 4) is 0 Å². The quantitative estimate of drug-likeness (QED) is 0.774. The molecule has 3 atom stereocenters. The molecule has 1 aliphatic heterocycles. The molecule has 1 rings (SSSR count). The van der Waals surface area contributed by atoms with Crippen molar-refractivity contribution < 1.29 is 8.42 Å². The molecule has 0 amide bonds. The average molecular weight is 290 g/mol. The van der Waals surface area contributed by atoms with Gasteiger partial charge in [0.25, 0.3) is 0 Å². The van der Waals surface area contributed by atoms with Crippen LogP contribution in [0.15, 0.2) is 0 Å².